The lowest BCUT2D eigenvalue weighted by Crippen LogP contribution is -2.41. The van der Waals surface area contributed by atoms with E-state index in [0.29, 0.717) is 12.1 Å². The quantitative estimate of drug-likeness (QED) is 0.599. The summed E-state index contributed by atoms with van der Waals surface area (Å²) in [7, 11) is 0. The van der Waals surface area contributed by atoms with E-state index in [1.54, 1.807) is 36.2 Å². The molecule has 1 aliphatic rings. The van der Waals surface area contributed by atoms with Gasteiger partial charge in [-0.1, -0.05) is 0 Å². The summed E-state index contributed by atoms with van der Waals surface area (Å²) in [6.45, 7) is 6.85. The van der Waals surface area contributed by atoms with Crippen LogP contribution in [0.25, 0.3) is 0 Å². The predicted octanol–water partition coefficient (Wildman–Crippen LogP) is 5.45. The SMILES string of the molecule is CC(CC1CCC(C)N1Sc1ccc(OC(F)F)cc1)NC(=O)OC(C)(C)C. The monoisotopic (exact) mass is 416 g/mol. The van der Waals surface area contributed by atoms with Gasteiger partial charge in [-0.15, -0.1) is 0 Å². The molecule has 0 saturated carbocycles. The molecular formula is C20H30F2N2O3S. The highest BCUT2D eigenvalue weighted by atomic mass is 32.2. The van der Waals surface area contributed by atoms with Gasteiger partial charge in [0.25, 0.3) is 0 Å². The Hall–Kier alpha value is -1.54. The lowest BCUT2D eigenvalue weighted by Gasteiger charge is -2.29. The van der Waals surface area contributed by atoms with Crippen molar-refractivity contribution in [1.82, 2.24) is 9.62 Å². The second-order valence-corrected chi connectivity index (χ2v) is 9.24. The lowest BCUT2D eigenvalue weighted by atomic mass is 10.1. The summed E-state index contributed by atoms with van der Waals surface area (Å²) in [4.78, 5) is 12.9. The van der Waals surface area contributed by atoms with Crippen molar-refractivity contribution in [2.75, 3.05) is 0 Å². The molecule has 1 N–H and O–H groups in total. The fourth-order valence-corrected chi connectivity index (χ4v) is 4.34. The Morgan fingerprint density at radius 1 is 1.29 bits per heavy atom. The molecule has 0 aliphatic carbocycles. The Balaban J connectivity index is 1.91. The van der Waals surface area contributed by atoms with Crippen molar-refractivity contribution >= 4 is 18.0 Å². The van der Waals surface area contributed by atoms with Gasteiger partial charge < -0.3 is 14.8 Å². The molecule has 28 heavy (non-hydrogen) atoms. The number of rotatable bonds is 7. The number of amides is 1. The Morgan fingerprint density at radius 3 is 2.50 bits per heavy atom. The number of carbonyl (C=O) groups is 1. The van der Waals surface area contributed by atoms with E-state index in [1.807, 2.05) is 27.7 Å². The molecule has 5 nitrogen and oxygen atoms in total. The van der Waals surface area contributed by atoms with Crippen LogP contribution in [0.3, 0.4) is 0 Å². The van der Waals surface area contributed by atoms with Crippen LogP contribution in [-0.4, -0.2) is 40.7 Å². The van der Waals surface area contributed by atoms with E-state index in [-0.39, 0.29) is 11.8 Å². The first kappa shape index (κ1) is 22.7. The van der Waals surface area contributed by atoms with E-state index < -0.39 is 18.3 Å². The maximum absolute atomic E-state index is 12.3. The van der Waals surface area contributed by atoms with E-state index in [1.165, 1.54) is 0 Å². The highest BCUT2D eigenvalue weighted by Gasteiger charge is 2.33. The van der Waals surface area contributed by atoms with E-state index in [9.17, 15) is 13.6 Å². The minimum atomic E-state index is -2.82. The van der Waals surface area contributed by atoms with Crippen molar-refractivity contribution in [3.63, 3.8) is 0 Å². The molecule has 1 aromatic carbocycles. The van der Waals surface area contributed by atoms with E-state index in [2.05, 4.69) is 21.3 Å². The maximum atomic E-state index is 12.3. The second kappa shape index (κ2) is 9.78. The molecule has 8 heteroatoms. The first-order valence-electron chi connectivity index (χ1n) is 9.54. The van der Waals surface area contributed by atoms with Gasteiger partial charge in [-0.05, 0) is 90.1 Å². The third kappa shape index (κ3) is 7.47. The number of carbonyl (C=O) groups excluding carboxylic acids is 1. The molecule has 1 amide bonds. The molecule has 1 fully saturated rings. The summed E-state index contributed by atoms with van der Waals surface area (Å²) in [5, 5.41) is 2.90. The van der Waals surface area contributed by atoms with Gasteiger partial charge in [-0.3, -0.25) is 0 Å². The summed E-state index contributed by atoms with van der Waals surface area (Å²) in [5.74, 6) is 0.153. The summed E-state index contributed by atoms with van der Waals surface area (Å²) in [6, 6.07) is 7.35. The average molecular weight is 417 g/mol. The molecule has 158 valence electrons. The molecule has 3 unspecified atom stereocenters. The standard InChI is InChI=1S/C20H30F2N2O3S/c1-13(23-19(25)27-20(3,4)5)12-15-7-6-14(2)24(15)28-17-10-8-16(9-11-17)26-18(21)22/h8-11,13-15,18H,6-7,12H2,1-5H3,(H,23,25). The predicted molar refractivity (Wildman–Crippen MR) is 107 cm³/mol. The van der Waals surface area contributed by atoms with Crippen LogP contribution >= 0.6 is 11.9 Å². The summed E-state index contributed by atoms with van der Waals surface area (Å²) in [6.07, 6.45) is 2.52. The van der Waals surface area contributed by atoms with Crippen LogP contribution < -0.4 is 10.1 Å². The van der Waals surface area contributed by atoms with Crippen LogP contribution in [-0.2, 0) is 4.74 Å². The van der Waals surface area contributed by atoms with Gasteiger partial charge in [0, 0.05) is 23.0 Å². The van der Waals surface area contributed by atoms with Crippen LogP contribution in [0.1, 0.15) is 53.9 Å². The Labute approximate surface area is 170 Å². The lowest BCUT2D eigenvalue weighted by molar-refractivity contribution is -0.0498. The number of nitrogens with one attached hydrogen (secondary N) is 1. The van der Waals surface area contributed by atoms with Crippen molar-refractivity contribution < 1.29 is 23.0 Å². The van der Waals surface area contributed by atoms with Crippen molar-refractivity contribution in [2.45, 2.75) is 89.1 Å². The van der Waals surface area contributed by atoms with Crippen molar-refractivity contribution in [1.29, 1.82) is 0 Å². The molecule has 1 aliphatic heterocycles. The van der Waals surface area contributed by atoms with Gasteiger partial charge in [-0.25, -0.2) is 9.10 Å². The van der Waals surface area contributed by atoms with Crippen molar-refractivity contribution in [2.24, 2.45) is 0 Å². The molecule has 3 atom stereocenters. The third-order valence-electron chi connectivity index (χ3n) is 4.36. The minimum absolute atomic E-state index is 0.0185. The topological polar surface area (TPSA) is 50.8 Å². The number of hydrogen-bond acceptors (Lipinski definition) is 5. The summed E-state index contributed by atoms with van der Waals surface area (Å²) in [5.41, 5.74) is -0.520. The van der Waals surface area contributed by atoms with Crippen LogP contribution in [0.4, 0.5) is 13.6 Å². The molecule has 1 aromatic rings. The number of alkyl carbamates (subject to hydrolysis) is 1. The zero-order valence-corrected chi connectivity index (χ0v) is 17.9. The highest BCUT2D eigenvalue weighted by Crippen LogP contribution is 2.37. The molecule has 2 rings (SSSR count). The summed E-state index contributed by atoms with van der Waals surface area (Å²) >= 11 is 1.61. The first-order chi connectivity index (χ1) is 13.0. The third-order valence-corrected chi connectivity index (χ3v) is 5.71. The number of halogens is 2. The minimum Gasteiger partial charge on any atom is -0.444 e. The Bertz CT molecular complexity index is 637. The molecule has 0 aromatic heterocycles. The number of nitrogens with zero attached hydrogens (tertiary/aromatic N) is 1. The highest BCUT2D eigenvalue weighted by molar-refractivity contribution is 7.97. The maximum Gasteiger partial charge on any atom is 0.407 e. The van der Waals surface area contributed by atoms with Gasteiger partial charge in [0.2, 0.25) is 0 Å². The van der Waals surface area contributed by atoms with Crippen LogP contribution in [0, 0.1) is 0 Å². The van der Waals surface area contributed by atoms with Crippen LogP contribution in [0.5, 0.6) is 5.75 Å². The first-order valence-corrected chi connectivity index (χ1v) is 10.3. The molecule has 0 radical (unpaired) electrons. The van der Waals surface area contributed by atoms with E-state index in [0.717, 1.165) is 24.2 Å². The average Bonchev–Trinajstić information content (AvgIpc) is 2.87. The molecule has 1 heterocycles. The van der Waals surface area contributed by atoms with E-state index in [4.69, 9.17) is 4.74 Å². The fraction of sp³-hybridized carbons (Fsp3) is 0.650. The van der Waals surface area contributed by atoms with Crippen LogP contribution in [0.15, 0.2) is 29.2 Å². The van der Waals surface area contributed by atoms with Crippen molar-refractivity contribution in [3.05, 3.63) is 24.3 Å². The van der Waals surface area contributed by atoms with E-state index >= 15 is 0 Å². The van der Waals surface area contributed by atoms with Gasteiger partial charge >= 0.3 is 12.7 Å². The van der Waals surface area contributed by atoms with Crippen LogP contribution in [0.2, 0.25) is 0 Å². The van der Waals surface area contributed by atoms with Gasteiger partial charge in [0.05, 0.1) is 0 Å². The second-order valence-electron chi connectivity index (χ2n) is 8.16. The molecule has 0 spiro atoms. The van der Waals surface area contributed by atoms with Crippen molar-refractivity contribution in [3.8, 4) is 5.75 Å². The Kier molecular flexibility index (Phi) is 7.95. The largest absolute Gasteiger partial charge is 0.444 e. The smallest absolute Gasteiger partial charge is 0.407 e. The summed E-state index contributed by atoms with van der Waals surface area (Å²) < 4.78 is 36.6. The zero-order chi connectivity index (χ0) is 20.9. The number of ether oxygens (including phenoxy) is 2. The van der Waals surface area contributed by atoms with Gasteiger partial charge in [-0.2, -0.15) is 8.78 Å². The van der Waals surface area contributed by atoms with Gasteiger partial charge in [0.15, 0.2) is 0 Å². The number of hydrogen-bond donors (Lipinski definition) is 1. The molecule has 1 saturated heterocycles. The number of benzene rings is 1. The zero-order valence-electron chi connectivity index (χ0n) is 17.1. The number of alkyl halides is 2. The Morgan fingerprint density at radius 2 is 1.93 bits per heavy atom. The fourth-order valence-electron chi connectivity index (χ4n) is 3.21. The molecule has 0 bridgehead atoms. The normalized spacial score (nSPS) is 21.6. The van der Waals surface area contributed by atoms with Gasteiger partial charge in [0.1, 0.15) is 11.4 Å². The molecular weight excluding hydrogens is 386 g/mol.